The van der Waals surface area contributed by atoms with Gasteiger partial charge in [-0.05, 0) is 18.8 Å². The average molecular weight is 226 g/mol. The van der Waals surface area contributed by atoms with Gasteiger partial charge in [0.05, 0.1) is 0 Å². The lowest BCUT2D eigenvalue weighted by Crippen LogP contribution is -2.50. The predicted octanol–water partition coefficient (Wildman–Crippen LogP) is 1.11. The van der Waals surface area contributed by atoms with Gasteiger partial charge in [0.2, 0.25) is 0 Å². The molecule has 90 valence electrons. The molecule has 0 radical (unpaired) electrons. The Hall–Kier alpha value is -1.52. The molecule has 5 nitrogen and oxygen atoms in total. The van der Waals surface area contributed by atoms with Crippen LogP contribution in [0.2, 0.25) is 0 Å². The van der Waals surface area contributed by atoms with Gasteiger partial charge >= 0.3 is 12.0 Å². The molecule has 3 N–H and O–H groups in total. The molecule has 1 aliphatic rings. The van der Waals surface area contributed by atoms with E-state index < -0.39 is 18.0 Å². The number of carboxylic acids is 1. The van der Waals surface area contributed by atoms with Crippen molar-refractivity contribution in [2.24, 2.45) is 5.92 Å². The van der Waals surface area contributed by atoms with E-state index in [1.807, 2.05) is 12.2 Å². The summed E-state index contributed by atoms with van der Waals surface area (Å²) in [7, 11) is 0. The molecule has 0 unspecified atom stereocenters. The summed E-state index contributed by atoms with van der Waals surface area (Å²) in [4.78, 5) is 22.4. The summed E-state index contributed by atoms with van der Waals surface area (Å²) < 4.78 is 0. The highest BCUT2D eigenvalue weighted by Gasteiger charge is 2.24. The second kappa shape index (κ2) is 5.53. The third-order valence-electron chi connectivity index (χ3n) is 2.56. The van der Waals surface area contributed by atoms with E-state index in [4.69, 9.17) is 5.11 Å². The van der Waals surface area contributed by atoms with Crippen molar-refractivity contribution in [2.45, 2.75) is 38.8 Å². The van der Waals surface area contributed by atoms with Crippen LogP contribution in [-0.4, -0.2) is 29.2 Å². The highest BCUT2D eigenvalue weighted by atomic mass is 16.4. The molecule has 0 aliphatic heterocycles. The van der Waals surface area contributed by atoms with Gasteiger partial charge in [0, 0.05) is 6.04 Å². The van der Waals surface area contributed by atoms with Crippen molar-refractivity contribution in [2.75, 3.05) is 0 Å². The predicted molar refractivity (Wildman–Crippen MR) is 60.1 cm³/mol. The van der Waals surface area contributed by atoms with Crippen LogP contribution in [0.1, 0.15) is 26.7 Å². The SMILES string of the molecule is CC(C)[C@@H](NC(=O)NC1CC=CC1)C(=O)O. The van der Waals surface area contributed by atoms with Gasteiger partial charge in [-0.1, -0.05) is 26.0 Å². The summed E-state index contributed by atoms with van der Waals surface area (Å²) >= 11 is 0. The van der Waals surface area contributed by atoms with Crippen molar-refractivity contribution in [1.29, 1.82) is 0 Å². The van der Waals surface area contributed by atoms with E-state index in [1.54, 1.807) is 13.8 Å². The normalized spacial score (nSPS) is 17.4. The molecule has 2 amide bonds. The number of amides is 2. The Morgan fingerprint density at radius 3 is 2.31 bits per heavy atom. The van der Waals surface area contributed by atoms with Crippen molar-refractivity contribution in [3.63, 3.8) is 0 Å². The van der Waals surface area contributed by atoms with E-state index in [2.05, 4.69) is 10.6 Å². The highest BCUT2D eigenvalue weighted by molar-refractivity contribution is 5.82. The number of hydrogen-bond acceptors (Lipinski definition) is 2. The zero-order chi connectivity index (χ0) is 12.1. The minimum atomic E-state index is -1.00. The van der Waals surface area contributed by atoms with Crippen LogP contribution < -0.4 is 10.6 Å². The fraction of sp³-hybridized carbons (Fsp3) is 0.636. The maximum absolute atomic E-state index is 11.5. The Morgan fingerprint density at radius 2 is 1.88 bits per heavy atom. The number of urea groups is 1. The fourth-order valence-electron chi connectivity index (χ4n) is 1.62. The van der Waals surface area contributed by atoms with Gasteiger partial charge in [-0.15, -0.1) is 0 Å². The third-order valence-corrected chi connectivity index (χ3v) is 2.56. The summed E-state index contributed by atoms with van der Waals surface area (Å²) in [6.07, 6.45) is 5.63. The van der Waals surface area contributed by atoms with Crippen molar-refractivity contribution in [3.8, 4) is 0 Å². The average Bonchev–Trinajstić information content (AvgIpc) is 2.65. The van der Waals surface area contributed by atoms with Crippen LogP contribution in [0.25, 0.3) is 0 Å². The van der Waals surface area contributed by atoms with Crippen molar-refractivity contribution >= 4 is 12.0 Å². The first kappa shape index (κ1) is 12.5. The van der Waals surface area contributed by atoms with E-state index in [-0.39, 0.29) is 12.0 Å². The molecule has 0 saturated heterocycles. The van der Waals surface area contributed by atoms with E-state index in [9.17, 15) is 9.59 Å². The Labute approximate surface area is 94.9 Å². The smallest absolute Gasteiger partial charge is 0.326 e. The molecule has 1 atom stereocenters. The number of aliphatic carboxylic acids is 1. The first-order chi connectivity index (χ1) is 7.50. The second-order valence-electron chi connectivity index (χ2n) is 4.32. The number of carbonyl (C=O) groups excluding carboxylic acids is 1. The molecular formula is C11H18N2O3. The molecule has 0 heterocycles. The zero-order valence-corrected chi connectivity index (χ0v) is 9.56. The molecule has 0 aromatic rings. The first-order valence-electron chi connectivity index (χ1n) is 5.45. The number of hydrogen-bond donors (Lipinski definition) is 3. The fourth-order valence-corrected chi connectivity index (χ4v) is 1.62. The maximum Gasteiger partial charge on any atom is 0.326 e. The standard InChI is InChI=1S/C11H18N2O3/c1-7(2)9(10(14)15)13-11(16)12-8-5-3-4-6-8/h3-4,7-9H,5-6H2,1-2H3,(H,14,15)(H2,12,13,16)/t9-/m1/s1. The molecular weight excluding hydrogens is 208 g/mol. The van der Waals surface area contributed by atoms with E-state index in [1.165, 1.54) is 0 Å². The number of rotatable bonds is 4. The molecule has 0 spiro atoms. The summed E-state index contributed by atoms with van der Waals surface area (Å²) in [5.41, 5.74) is 0. The lowest BCUT2D eigenvalue weighted by atomic mass is 10.1. The van der Waals surface area contributed by atoms with Crippen molar-refractivity contribution in [3.05, 3.63) is 12.2 Å². The molecule has 0 aromatic carbocycles. The maximum atomic E-state index is 11.5. The van der Waals surface area contributed by atoms with Crippen LogP contribution in [0.3, 0.4) is 0 Å². The topological polar surface area (TPSA) is 78.4 Å². The van der Waals surface area contributed by atoms with E-state index in [0.29, 0.717) is 0 Å². The van der Waals surface area contributed by atoms with Crippen LogP contribution >= 0.6 is 0 Å². The van der Waals surface area contributed by atoms with Gasteiger partial charge in [-0.3, -0.25) is 0 Å². The Morgan fingerprint density at radius 1 is 1.31 bits per heavy atom. The van der Waals surface area contributed by atoms with Crippen molar-refractivity contribution < 1.29 is 14.7 Å². The van der Waals surface area contributed by atoms with E-state index in [0.717, 1.165) is 12.8 Å². The van der Waals surface area contributed by atoms with Crippen LogP contribution in [0.5, 0.6) is 0 Å². The number of carboxylic acid groups (broad SMARTS) is 1. The Bertz CT molecular complexity index is 292. The Balaban J connectivity index is 2.39. The quantitative estimate of drug-likeness (QED) is 0.628. The van der Waals surface area contributed by atoms with Crippen LogP contribution in [-0.2, 0) is 4.79 Å². The molecule has 0 fully saturated rings. The molecule has 5 heteroatoms. The minimum absolute atomic E-state index is 0.0987. The molecule has 0 bridgehead atoms. The zero-order valence-electron chi connectivity index (χ0n) is 9.56. The highest BCUT2D eigenvalue weighted by Crippen LogP contribution is 2.09. The summed E-state index contributed by atoms with van der Waals surface area (Å²) in [6.45, 7) is 3.52. The molecule has 16 heavy (non-hydrogen) atoms. The van der Waals surface area contributed by atoms with Gasteiger partial charge < -0.3 is 15.7 Å². The van der Waals surface area contributed by atoms with Gasteiger partial charge in [-0.25, -0.2) is 9.59 Å². The lowest BCUT2D eigenvalue weighted by molar-refractivity contribution is -0.140. The molecule has 1 rings (SSSR count). The van der Waals surface area contributed by atoms with E-state index >= 15 is 0 Å². The molecule has 1 aliphatic carbocycles. The largest absolute Gasteiger partial charge is 0.480 e. The number of carbonyl (C=O) groups is 2. The van der Waals surface area contributed by atoms with Crippen molar-refractivity contribution in [1.82, 2.24) is 10.6 Å². The van der Waals surface area contributed by atoms with Crippen LogP contribution in [0, 0.1) is 5.92 Å². The number of nitrogens with one attached hydrogen (secondary N) is 2. The van der Waals surface area contributed by atoms with Crippen LogP contribution in [0.15, 0.2) is 12.2 Å². The summed E-state index contributed by atoms with van der Waals surface area (Å²) in [5.74, 6) is -1.14. The summed E-state index contributed by atoms with van der Waals surface area (Å²) in [6, 6.07) is -1.15. The minimum Gasteiger partial charge on any atom is -0.480 e. The first-order valence-corrected chi connectivity index (χ1v) is 5.45. The summed E-state index contributed by atoms with van der Waals surface area (Å²) in [5, 5.41) is 14.1. The van der Waals surface area contributed by atoms with Gasteiger partial charge in [0.1, 0.15) is 6.04 Å². The molecule has 0 saturated carbocycles. The second-order valence-corrected chi connectivity index (χ2v) is 4.32. The molecule has 0 aromatic heterocycles. The monoisotopic (exact) mass is 226 g/mol. The van der Waals surface area contributed by atoms with Gasteiger partial charge in [-0.2, -0.15) is 0 Å². The van der Waals surface area contributed by atoms with Gasteiger partial charge in [0.25, 0.3) is 0 Å². The van der Waals surface area contributed by atoms with Gasteiger partial charge in [0.15, 0.2) is 0 Å². The lowest BCUT2D eigenvalue weighted by Gasteiger charge is -2.20. The third kappa shape index (κ3) is 3.56. The Kier molecular flexibility index (Phi) is 4.34. The van der Waals surface area contributed by atoms with Crippen LogP contribution in [0.4, 0.5) is 4.79 Å².